The predicted octanol–water partition coefficient (Wildman–Crippen LogP) is 1.70. The molecule has 2 N–H and O–H groups in total. The van der Waals surface area contributed by atoms with Crippen LogP contribution in [0.25, 0.3) is 0 Å². The number of aryl methyl sites for hydroxylation is 1. The van der Waals surface area contributed by atoms with Gasteiger partial charge in [0.15, 0.2) is 5.96 Å². The van der Waals surface area contributed by atoms with Crippen LogP contribution in [0.4, 0.5) is 0 Å². The monoisotopic (exact) mass is 365 g/mol. The lowest BCUT2D eigenvalue weighted by atomic mass is 10.1. The molecule has 0 saturated heterocycles. The van der Waals surface area contributed by atoms with Gasteiger partial charge in [-0.25, -0.2) is 0 Å². The van der Waals surface area contributed by atoms with E-state index in [0.717, 1.165) is 25.6 Å². The van der Waals surface area contributed by atoms with E-state index >= 15 is 0 Å². The first kappa shape index (κ1) is 22.4. The fraction of sp³-hybridized carbons (Fsp3) is 0.789. The minimum atomic E-state index is 0.210. The van der Waals surface area contributed by atoms with Gasteiger partial charge in [-0.15, -0.1) is 0 Å². The molecule has 150 valence electrons. The Morgan fingerprint density at radius 1 is 1.19 bits per heavy atom. The Morgan fingerprint density at radius 3 is 2.31 bits per heavy atom. The van der Waals surface area contributed by atoms with Crippen LogP contribution in [0.2, 0.25) is 0 Å². The maximum Gasteiger partial charge on any atom is 0.191 e. The van der Waals surface area contributed by atoms with Gasteiger partial charge in [0.05, 0.1) is 18.8 Å². The molecular formula is C19H39N7. The SMILES string of the molecule is CCNC(=NCC(c1cnn(C)c1)N(C)C)NCCN(C(C)C)C(C)C. The molecule has 0 fully saturated rings. The molecule has 0 amide bonds. The summed E-state index contributed by atoms with van der Waals surface area (Å²) in [7, 11) is 6.10. The Labute approximate surface area is 159 Å². The molecule has 1 heterocycles. The van der Waals surface area contributed by atoms with E-state index in [4.69, 9.17) is 4.99 Å². The summed E-state index contributed by atoms with van der Waals surface area (Å²) in [4.78, 5) is 9.47. The molecular weight excluding hydrogens is 326 g/mol. The van der Waals surface area contributed by atoms with Crippen molar-refractivity contribution in [3.63, 3.8) is 0 Å². The number of likely N-dealkylation sites (N-methyl/N-ethyl adjacent to an activating group) is 1. The van der Waals surface area contributed by atoms with Gasteiger partial charge in [0.25, 0.3) is 0 Å². The van der Waals surface area contributed by atoms with Crippen LogP contribution in [-0.2, 0) is 7.05 Å². The Kier molecular flexibility index (Phi) is 9.65. The molecule has 1 atom stereocenters. The van der Waals surface area contributed by atoms with Crippen LogP contribution in [0.1, 0.15) is 46.2 Å². The van der Waals surface area contributed by atoms with E-state index in [9.17, 15) is 0 Å². The largest absolute Gasteiger partial charge is 0.357 e. The Hall–Kier alpha value is -1.60. The first-order valence-electron chi connectivity index (χ1n) is 9.69. The van der Waals surface area contributed by atoms with Crippen LogP contribution in [0, 0.1) is 0 Å². The summed E-state index contributed by atoms with van der Waals surface area (Å²) in [5.41, 5.74) is 1.18. The van der Waals surface area contributed by atoms with Gasteiger partial charge >= 0.3 is 0 Å². The average molecular weight is 366 g/mol. The summed E-state index contributed by atoms with van der Waals surface area (Å²) >= 11 is 0. The van der Waals surface area contributed by atoms with E-state index in [2.05, 4.69) is 80.4 Å². The van der Waals surface area contributed by atoms with Crippen molar-refractivity contribution >= 4 is 5.96 Å². The highest BCUT2D eigenvalue weighted by molar-refractivity contribution is 5.79. The highest BCUT2D eigenvalue weighted by atomic mass is 15.3. The molecule has 0 aliphatic heterocycles. The van der Waals surface area contributed by atoms with Crippen LogP contribution in [0.5, 0.6) is 0 Å². The molecule has 26 heavy (non-hydrogen) atoms. The summed E-state index contributed by atoms with van der Waals surface area (Å²) in [6.07, 6.45) is 3.98. The summed E-state index contributed by atoms with van der Waals surface area (Å²) in [6, 6.07) is 1.29. The van der Waals surface area contributed by atoms with Crippen LogP contribution in [-0.4, -0.2) is 77.9 Å². The maximum absolute atomic E-state index is 4.80. The normalized spacial score (nSPS) is 13.9. The van der Waals surface area contributed by atoms with Crippen molar-refractivity contribution in [1.29, 1.82) is 0 Å². The molecule has 1 unspecified atom stereocenters. The maximum atomic E-state index is 4.80. The van der Waals surface area contributed by atoms with Gasteiger partial charge in [0.2, 0.25) is 0 Å². The number of hydrogen-bond acceptors (Lipinski definition) is 4. The molecule has 0 aliphatic carbocycles. The molecule has 0 aromatic carbocycles. The van der Waals surface area contributed by atoms with Crippen molar-refractivity contribution in [3.05, 3.63) is 18.0 Å². The van der Waals surface area contributed by atoms with Crippen molar-refractivity contribution in [3.8, 4) is 0 Å². The topological polar surface area (TPSA) is 60.7 Å². The highest BCUT2D eigenvalue weighted by Crippen LogP contribution is 2.17. The molecule has 0 aliphatic rings. The number of rotatable bonds is 10. The van der Waals surface area contributed by atoms with Gasteiger partial charge in [-0.2, -0.15) is 5.10 Å². The third-order valence-corrected chi connectivity index (χ3v) is 4.49. The zero-order chi connectivity index (χ0) is 19.7. The number of nitrogens with one attached hydrogen (secondary N) is 2. The minimum absolute atomic E-state index is 0.210. The van der Waals surface area contributed by atoms with Crippen LogP contribution >= 0.6 is 0 Å². The lowest BCUT2D eigenvalue weighted by Gasteiger charge is -2.30. The van der Waals surface area contributed by atoms with Crippen LogP contribution in [0.3, 0.4) is 0 Å². The molecule has 1 rings (SSSR count). The van der Waals surface area contributed by atoms with Crippen molar-refractivity contribution in [2.45, 2.75) is 52.7 Å². The lowest BCUT2D eigenvalue weighted by Crippen LogP contribution is -2.45. The zero-order valence-electron chi connectivity index (χ0n) is 18.0. The molecule has 0 bridgehead atoms. The molecule has 0 radical (unpaired) electrons. The van der Waals surface area contributed by atoms with E-state index < -0.39 is 0 Å². The van der Waals surface area contributed by atoms with Gasteiger partial charge in [-0.3, -0.25) is 14.6 Å². The predicted molar refractivity (Wildman–Crippen MR) is 111 cm³/mol. The number of guanidine groups is 1. The standard InChI is InChI=1S/C19H39N7/c1-9-20-19(21-10-11-26(15(2)3)16(4)5)22-13-18(24(6)7)17-12-23-25(8)14-17/h12,14-16,18H,9-11,13H2,1-8H3,(H2,20,21,22). The van der Waals surface area contributed by atoms with Gasteiger partial charge in [0, 0.05) is 50.5 Å². The van der Waals surface area contributed by atoms with E-state index in [0.29, 0.717) is 18.6 Å². The van der Waals surface area contributed by atoms with Crippen molar-refractivity contribution in [1.82, 2.24) is 30.2 Å². The second-order valence-electron chi connectivity index (χ2n) is 7.50. The molecule has 1 aromatic heterocycles. The van der Waals surface area contributed by atoms with Crippen molar-refractivity contribution < 1.29 is 0 Å². The van der Waals surface area contributed by atoms with Crippen LogP contribution in [0.15, 0.2) is 17.4 Å². The van der Waals surface area contributed by atoms with Crippen molar-refractivity contribution in [2.75, 3.05) is 40.3 Å². The summed E-state index contributed by atoms with van der Waals surface area (Å²) in [5.74, 6) is 0.871. The lowest BCUT2D eigenvalue weighted by molar-refractivity contribution is 0.178. The molecule has 0 saturated carbocycles. The summed E-state index contributed by atoms with van der Waals surface area (Å²) < 4.78 is 1.84. The molecule has 1 aromatic rings. The Morgan fingerprint density at radius 2 is 1.85 bits per heavy atom. The second-order valence-corrected chi connectivity index (χ2v) is 7.50. The first-order valence-corrected chi connectivity index (χ1v) is 9.69. The van der Waals surface area contributed by atoms with Gasteiger partial charge in [-0.1, -0.05) is 0 Å². The fourth-order valence-electron chi connectivity index (χ4n) is 3.11. The van der Waals surface area contributed by atoms with Crippen LogP contribution < -0.4 is 10.6 Å². The van der Waals surface area contributed by atoms with Crippen molar-refractivity contribution in [2.24, 2.45) is 12.0 Å². The van der Waals surface area contributed by atoms with Gasteiger partial charge in [-0.05, 0) is 48.7 Å². The Bertz CT molecular complexity index is 526. The van der Waals surface area contributed by atoms with Gasteiger partial charge < -0.3 is 15.5 Å². The molecule has 7 nitrogen and oxygen atoms in total. The third kappa shape index (κ3) is 7.33. The quantitative estimate of drug-likeness (QED) is 0.488. The number of aromatic nitrogens is 2. The number of aliphatic imine (C=N–C) groups is 1. The fourth-order valence-corrected chi connectivity index (χ4v) is 3.11. The first-order chi connectivity index (χ1) is 12.3. The smallest absolute Gasteiger partial charge is 0.191 e. The summed E-state index contributed by atoms with van der Waals surface area (Å²) in [6.45, 7) is 14.5. The zero-order valence-corrected chi connectivity index (χ0v) is 18.0. The molecule has 7 heteroatoms. The second kappa shape index (κ2) is 11.2. The number of nitrogens with zero attached hydrogens (tertiary/aromatic N) is 5. The van der Waals surface area contributed by atoms with E-state index in [1.807, 2.05) is 17.9 Å². The van der Waals surface area contributed by atoms with E-state index in [-0.39, 0.29) is 6.04 Å². The number of hydrogen-bond donors (Lipinski definition) is 2. The van der Waals surface area contributed by atoms with Gasteiger partial charge in [0.1, 0.15) is 0 Å². The van der Waals surface area contributed by atoms with E-state index in [1.54, 1.807) is 0 Å². The highest BCUT2D eigenvalue weighted by Gasteiger charge is 2.16. The molecule has 0 spiro atoms. The summed E-state index contributed by atoms with van der Waals surface area (Å²) in [5, 5.41) is 11.1. The minimum Gasteiger partial charge on any atom is -0.357 e. The average Bonchev–Trinajstić information content (AvgIpc) is 2.96. The third-order valence-electron chi connectivity index (χ3n) is 4.49. The van der Waals surface area contributed by atoms with E-state index in [1.165, 1.54) is 5.56 Å². The Balaban J connectivity index is 2.69.